The molecule has 0 aliphatic heterocycles. The summed E-state index contributed by atoms with van der Waals surface area (Å²) in [5.41, 5.74) is 0. The average Bonchev–Trinajstić information content (AvgIpc) is 2.02. The molecule has 0 bridgehead atoms. The Balaban J connectivity index is 3.75. The predicted octanol–water partition coefficient (Wildman–Crippen LogP) is -0.486. The number of rotatable bonds is 5. The first-order valence-electron chi connectivity index (χ1n) is 4.11. The van der Waals surface area contributed by atoms with Crippen LogP contribution in [0.4, 0.5) is 0 Å². The quantitative estimate of drug-likeness (QED) is 0.531. The van der Waals surface area contributed by atoms with Gasteiger partial charge in [-0.3, -0.25) is 0 Å². The van der Waals surface area contributed by atoms with Crippen LogP contribution in [-0.4, -0.2) is 46.3 Å². The van der Waals surface area contributed by atoms with Crippen LogP contribution in [0.3, 0.4) is 0 Å². The largest absolute Gasteiger partial charge is 0.394 e. The molecule has 3 N–H and O–H groups in total. The van der Waals surface area contributed by atoms with Gasteiger partial charge in [0, 0.05) is 0 Å². The van der Waals surface area contributed by atoms with Crippen LogP contribution in [0.5, 0.6) is 0 Å². The van der Waals surface area contributed by atoms with E-state index in [1.54, 1.807) is 20.8 Å². The van der Waals surface area contributed by atoms with E-state index in [1.165, 1.54) is 0 Å². The Morgan fingerprint density at radius 3 is 1.92 bits per heavy atom. The predicted molar refractivity (Wildman–Crippen MR) is 44.8 cm³/mol. The second-order valence-electron chi connectivity index (χ2n) is 3.04. The third-order valence-corrected chi connectivity index (χ3v) is 1.84. The Kier molecular flexibility index (Phi) is 5.41. The van der Waals surface area contributed by atoms with Crippen molar-refractivity contribution >= 4 is 0 Å². The lowest BCUT2D eigenvalue weighted by Gasteiger charge is -2.23. The zero-order valence-corrected chi connectivity index (χ0v) is 7.77. The van der Waals surface area contributed by atoms with E-state index in [0.717, 1.165) is 0 Å². The number of ether oxygens (including phenoxy) is 1. The van der Waals surface area contributed by atoms with Crippen molar-refractivity contribution in [3.05, 3.63) is 0 Å². The SMILES string of the molecule is CC(O[C@@H](C)[C@H](C)O)[C@@H](O)CO. The Labute approximate surface area is 72.8 Å². The highest BCUT2D eigenvalue weighted by molar-refractivity contribution is 4.66. The van der Waals surface area contributed by atoms with Crippen molar-refractivity contribution in [2.75, 3.05) is 6.61 Å². The van der Waals surface area contributed by atoms with E-state index >= 15 is 0 Å². The standard InChI is InChI=1S/C8H18O4/c1-5(10)6(2)12-7(3)8(11)4-9/h5-11H,4H2,1-3H3/t5-,6-,7?,8-/m0/s1. The Morgan fingerprint density at radius 2 is 1.58 bits per heavy atom. The fraction of sp³-hybridized carbons (Fsp3) is 1.00. The van der Waals surface area contributed by atoms with Crippen molar-refractivity contribution in [3.8, 4) is 0 Å². The molecule has 74 valence electrons. The molecule has 0 amide bonds. The highest BCUT2D eigenvalue weighted by Crippen LogP contribution is 2.05. The number of hydrogen-bond acceptors (Lipinski definition) is 4. The average molecular weight is 178 g/mol. The van der Waals surface area contributed by atoms with Gasteiger partial charge < -0.3 is 20.1 Å². The first-order valence-corrected chi connectivity index (χ1v) is 4.11. The zero-order chi connectivity index (χ0) is 9.72. The van der Waals surface area contributed by atoms with E-state index in [0.29, 0.717) is 0 Å². The smallest absolute Gasteiger partial charge is 0.103 e. The molecule has 0 rings (SSSR count). The van der Waals surface area contributed by atoms with Gasteiger partial charge in [0.05, 0.1) is 24.9 Å². The number of aliphatic hydroxyl groups excluding tert-OH is 3. The molecule has 0 spiro atoms. The zero-order valence-electron chi connectivity index (χ0n) is 7.77. The summed E-state index contributed by atoms with van der Waals surface area (Å²) in [5, 5.41) is 26.7. The van der Waals surface area contributed by atoms with Crippen LogP contribution < -0.4 is 0 Å². The van der Waals surface area contributed by atoms with Crippen LogP contribution in [-0.2, 0) is 4.74 Å². The first-order chi connectivity index (χ1) is 5.49. The molecule has 0 radical (unpaired) electrons. The van der Waals surface area contributed by atoms with E-state index in [9.17, 15) is 0 Å². The fourth-order valence-corrected chi connectivity index (χ4v) is 0.691. The van der Waals surface area contributed by atoms with Crippen LogP contribution in [0.15, 0.2) is 0 Å². The molecule has 1 unspecified atom stereocenters. The molecule has 4 atom stereocenters. The molecule has 0 saturated heterocycles. The number of aliphatic hydroxyl groups is 3. The summed E-state index contributed by atoms with van der Waals surface area (Å²) in [5.74, 6) is 0. The molecule has 0 aliphatic carbocycles. The van der Waals surface area contributed by atoms with Gasteiger partial charge in [0.25, 0.3) is 0 Å². The van der Waals surface area contributed by atoms with E-state index in [1.807, 2.05) is 0 Å². The molecule has 0 aromatic heterocycles. The van der Waals surface area contributed by atoms with Gasteiger partial charge in [-0.25, -0.2) is 0 Å². The molecular weight excluding hydrogens is 160 g/mol. The maximum Gasteiger partial charge on any atom is 0.103 e. The van der Waals surface area contributed by atoms with Crippen molar-refractivity contribution in [2.45, 2.75) is 45.2 Å². The van der Waals surface area contributed by atoms with Gasteiger partial charge in [0.1, 0.15) is 6.10 Å². The van der Waals surface area contributed by atoms with Gasteiger partial charge in [-0.15, -0.1) is 0 Å². The molecule has 0 fully saturated rings. The lowest BCUT2D eigenvalue weighted by atomic mass is 10.2. The summed E-state index contributed by atoms with van der Waals surface area (Å²) in [6, 6.07) is 0. The van der Waals surface area contributed by atoms with Crippen molar-refractivity contribution in [2.24, 2.45) is 0 Å². The van der Waals surface area contributed by atoms with Crippen molar-refractivity contribution in [1.82, 2.24) is 0 Å². The summed E-state index contributed by atoms with van der Waals surface area (Å²) in [7, 11) is 0. The van der Waals surface area contributed by atoms with Gasteiger partial charge in [0.2, 0.25) is 0 Å². The Bertz CT molecular complexity index is 116. The molecule has 0 aromatic rings. The van der Waals surface area contributed by atoms with Gasteiger partial charge in [-0.1, -0.05) is 0 Å². The van der Waals surface area contributed by atoms with Crippen LogP contribution in [0.25, 0.3) is 0 Å². The van der Waals surface area contributed by atoms with Gasteiger partial charge in [0.15, 0.2) is 0 Å². The van der Waals surface area contributed by atoms with E-state index in [-0.39, 0.29) is 12.7 Å². The highest BCUT2D eigenvalue weighted by Gasteiger charge is 2.18. The Morgan fingerprint density at radius 1 is 1.08 bits per heavy atom. The lowest BCUT2D eigenvalue weighted by Crippen LogP contribution is -2.35. The van der Waals surface area contributed by atoms with Crippen LogP contribution >= 0.6 is 0 Å². The van der Waals surface area contributed by atoms with E-state index < -0.39 is 18.3 Å². The highest BCUT2D eigenvalue weighted by atomic mass is 16.5. The minimum atomic E-state index is -0.883. The van der Waals surface area contributed by atoms with E-state index in [4.69, 9.17) is 20.1 Å². The second kappa shape index (κ2) is 5.48. The molecule has 0 aliphatic rings. The molecule has 0 aromatic carbocycles. The lowest BCUT2D eigenvalue weighted by molar-refractivity contribution is -0.107. The number of hydrogen-bond donors (Lipinski definition) is 3. The summed E-state index contributed by atoms with van der Waals surface area (Å²) < 4.78 is 5.20. The fourth-order valence-electron chi connectivity index (χ4n) is 0.691. The first kappa shape index (κ1) is 11.8. The summed E-state index contributed by atoms with van der Waals surface area (Å²) >= 11 is 0. The van der Waals surface area contributed by atoms with Crippen molar-refractivity contribution < 1.29 is 20.1 Å². The van der Waals surface area contributed by atoms with Crippen LogP contribution in [0.1, 0.15) is 20.8 Å². The minimum Gasteiger partial charge on any atom is -0.394 e. The third kappa shape index (κ3) is 4.01. The summed E-state index contributed by atoms with van der Waals surface area (Å²) in [4.78, 5) is 0. The van der Waals surface area contributed by atoms with Crippen LogP contribution in [0, 0.1) is 0 Å². The topological polar surface area (TPSA) is 69.9 Å². The van der Waals surface area contributed by atoms with Gasteiger partial charge in [-0.05, 0) is 20.8 Å². The second-order valence-corrected chi connectivity index (χ2v) is 3.04. The van der Waals surface area contributed by atoms with Crippen molar-refractivity contribution in [1.29, 1.82) is 0 Å². The Hall–Kier alpha value is -0.160. The van der Waals surface area contributed by atoms with Crippen LogP contribution in [0.2, 0.25) is 0 Å². The molecule has 4 nitrogen and oxygen atoms in total. The maximum atomic E-state index is 9.10. The monoisotopic (exact) mass is 178 g/mol. The third-order valence-electron chi connectivity index (χ3n) is 1.84. The molecule has 0 heterocycles. The van der Waals surface area contributed by atoms with Gasteiger partial charge >= 0.3 is 0 Å². The summed E-state index contributed by atoms with van der Waals surface area (Å²) in [6.07, 6.45) is -2.25. The summed E-state index contributed by atoms with van der Waals surface area (Å²) in [6.45, 7) is 4.65. The normalized spacial score (nSPS) is 21.5. The molecule has 4 heteroatoms. The van der Waals surface area contributed by atoms with E-state index in [2.05, 4.69) is 0 Å². The minimum absolute atomic E-state index is 0.326. The maximum absolute atomic E-state index is 9.10. The molecule has 12 heavy (non-hydrogen) atoms. The van der Waals surface area contributed by atoms with Gasteiger partial charge in [-0.2, -0.15) is 0 Å². The van der Waals surface area contributed by atoms with Crippen molar-refractivity contribution in [3.63, 3.8) is 0 Å². The molecule has 0 saturated carbocycles. The molecular formula is C8H18O4.